The van der Waals surface area contributed by atoms with Crippen molar-refractivity contribution in [1.29, 1.82) is 0 Å². The Morgan fingerprint density at radius 3 is 1.23 bits per heavy atom. The number of benzene rings is 6. The Bertz CT molecular complexity index is 4420. The van der Waals surface area contributed by atoms with E-state index in [-0.39, 0.29) is 55.9 Å². The fraction of sp³-hybridized carbons (Fsp3) is 0.329. The third-order valence-corrected chi connectivity index (χ3v) is 21.2. The van der Waals surface area contributed by atoms with E-state index >= 15 is 0 Å². The highest BCUT2D eigenvalue weighted by Gasteiger charge is 2.66. The molecule has 9 aliphatic heterocycles. The van der Waals surface area contributed by atoms with E-state index in [9.17, 15) is 43.2 Å². The molecule has 6 fully saturated rings. The second kappa shape index (κ2) is 23.3. The third kappa shape index (κ3) is 9.80. The normalized spacial score (nSPS) is 26.1. The van der Waals surface area contributed by atoms with Crippen LogP contribution in [0.4, 0.5) is 31.4 Å². The van der Waals surface area contributed by atoms with E-state index in [1.165, 1.54) is 0 Å². The molecule has 9 atom stereocenters. The maximum absolute atomic E-state index is 13.3. The Labute approximate surface area is 566 Å². The van der Waals surface area contributed by atoms with Crippen molar-refractivity contribution < 1.29 is 57.4 Å². The summed E-state index contributed by atoms with van der Waals surface area (Å²) < 4.78 is 24.1. The van der Waals surface area contributed by atoms with E-state index in [4.69, 9.17) is 14.2 Å². The van der Waals surface area contributed by atoms with Crippen molar-refractivity contribution in [3.63, 3.8) is 0 Å². The van der Waals surface area contributed by atoms with E-state index in [0.29, 0.717) is 19.6 Å². The number of nitrogens with zero attached hydrogens (tertiary/aromatic N) is 8. The monoisotopic (exact) mass is 1330 g/mol. The number of ether oxygens (including phenoxy) is 3. The quantitative estimate of drug-likeness (QED) is 0.105. The highest BCUT2D eigenvalue weighted by Crippen LogP contribution is 2.51. The van der Waals surface area contributed by atoms with Gasteiger partial charge in [0.25, 0.3) is 0 Å². The number of imide groups is 6. The van der Waals surface area contributed by atoms with Gasteiger partial charge in [-0.1, -0.05) is 48.5 Å². The first-order valence-corrected chi connectivity index (χ1v) is 33.2. The molecule has 9 aromatic rings. The van der Waals surface area contributed by atoms with Crippen LogP contribution in [0.15, 0.2) is 152 Å². The molecule has 0 radical (unpaired) electrons. The minimum atomic E-state index is -1.48. The Morgan fingerprint density at radius 1 is 0.404 bits per heavy atom. The molecule has 9 aliphatic rings. The number of barbiturate groups is 3. The van der Waals surface area contributed by atoms with Crippen LogP contribution in [0, 0.1) is 16.2 Å². The molecular formula is C73H70N14O12. The summed E-state index contributed by atoms with van der Waals surface area (Å²) in [4.78, 5) is 126. The van der Waals surface area contributed by atoms with Crippen LogP contribution in [0.3, 0.4) is 0 Å². The molecule has 12 amide bonds. The number of aromatic nitrogens is 5. The summed E-state index contributed by atoms with van der Waals surface area (Å²) >= 11 is 0. The smallest absolute Gasteiger partial charge is 0.328 e. The van der Waals surface area contributed by atoms with Crippen molar-refractivity contribution in [2.45, 2.75) is 116 Å². The molecule has 6 aromatic carbocycles. The van der Waals surface area contributed by atoms with Crippen molar-refractivity contribution in [2.75, 3.05) is 34.3 Å². The number of hydrogen-bond donors (Lipinski definition) is 6. The molecule has 0 unspecified atom stereocenters. The van der Waals surface area contributed by atoms with Gasteiger partial charge < -0.3 is 33.5 Å². The topological polar surface area (TPSA) is 304 Å². The second-order valence-corrected chi connectivity index (χ2v) is 27.3. The summed E-state index contributed by atoms with van der Waals surface area (Å²) in [6, 6.07) is 40.3. The summed E-state index contributed by atoms with van der Waals surface area (Å²) in [5.74, 6) is -3.48. The number of rotatable bonds is 3. The van der Waals surface area contributed by atoms with Crippen LogP contribution in [0.25, 0.3) is 49.9 Å². The van der Waals surface area contributed by atoms with Crippen molar-refractivity contribution >= 4 is 103 Å². The largest absolute Gasteiger partial charge is 0.372 e. The van der Waals surface area contributed by atoms with E-state index in [2.05, 4.69) is 91.6 Å². The van der Waals surface area contributed by atoms with Gasteiger partial charge in [0.2, 0.25) is 35.4 Å². The number of urea groups is 3. The number of fused-ring (bicyclic) bond motifs is 15. The number of carbonyl (C=O) groups excluding carboxylic acids is 9. The Morgan fingerprint density at radius 2 is 0.778 bits per heavy atom. The lowest BCUT2D eigenvalue weighted by Gasteiger charge is -2.55. The summed E-state index contributed by atoms with van der Waals surface area (Å²) in [7, 11) is 0. The Hall–Kier alpha value is -11.1. The fourth-order valence-corrected chi connectivity index (χ4v) is 17.4. The predicted octanol–water partition coefficient (Wildman–Crippen LogP) is 6.35. The highest BCUT2D eigenvalue weighted by molar-refractivity contribution is 6.22. The van der Waals surface area contributed by atoms with Gasteiger partial charge in [0.1, 0.15) is 6.33 Å². The molecule has 6 N–H and O–H groups in total. The summed E-state index contributed by atoms with van der Waals surface area (Å²) in [5, 5.41) is 20.7. The van der Waals surface area contributed by atoms with Gasteiger partial charge in [0, 0.05) is 59.7 Å². The average molecular weight is 1340 g/mol. The van der Waals surface area contributed by atoms with Gasteiger partial charge in [-0.3, -0.25) is 65.2 Å². The maximum Gasteiger partial charge on any atom is 0.328 e. The molecule has 0 aliphatic carbocycles. The fourth-order valence-electron chi connectivity index (χ4n) is 17.4. The van der Waals surface area contributed by atoms with E-state index in [1.807, 2.05) is 166 Å². The summed E-state index contributed by atoms with van der Waals surface area (Å²) in [6.45, 7) is 13.2. The van der Waals surface area contributed by atoms with Gasteiger partial charge in [-0.15, -0.1) is 0 Å². The Kier molecular flexibility index (Phi) is 14.8. The minimum Gasteiger partial charge on any atom is -0.372 e. The van der Waals surface area contributed by atoms with Crippen LogP contribution >= 0.6 is 0 Å². The van der Waals surface area contributed by atoms with Crippen LogP contribution in [0.1, 0.15) is 58.2 Å². The van der Waals surface area contributed by atoms with Gasteiger partial charge in [0.05, 0.1) is 88.7 Å². The standard InChI is InChI=1S/C25H24N4O4.2C24H23N5O4/c1-14-13-29-20-8-7-18(28-10-9-16-5-3-4-6-19(16)28)11-17(20)12-25(21(29)15(2)33-14)22(30)26-24(32)27-23(25)31;1-13-12-28-18-8-7-17(29-19-6-4-3-5-15(19)11-25-29)9-16(18)10-24(20(28)14(2)33-13)21(30)26-23(32)27-22(24)31;1-13-11-28-18-8-7-16(29-12-25-17-5-3-4-6-19(17)29)9-15(18)10-24(20(28)14(2)33-13)21(30)26-23(32)27-22(24)31/h3-11,14-15,21H,12-13H2,1-2H3,(H2,26,27,30,31,32);3-9,11,13-14,20H,10,12H2,1-2H3,(H2,26,27,30,31,32);3-9,12-14,20H,10-11H2,1-2H3,(H2,26,27,30,31,32)/t14-,15+,21-;2*13-,14+,20-/m111/s1. The van der Waals surface area contributed by atoms with E-state index < -0.39 is 87.9 Å². The first kappa shape index (κ1) is 62.7. The molecule has 26 heteroatoms. The van der Waals surface area contributed by atoms with Crippen LogP contribution in [0.5, 0.6) is 0 Å². The van der Waals surface area contributed by atoms with E-state index in [0.717, 1.165) is 83.7 Å². The lowest BCUT2D eigenvalue weighted by molar-refractivity contribution is -0.154. The zero-order valence-electron chi connectivity index (χ0n) is 54.8. The average Bonchev–Trinajstić information content (AvgIpc) is 1.34. The molecule has 18 rings (SSSR count). The molecule has 99 heavy (non-hydrogen) atoms. The van der Waals surface area contributed by atoms with Crippen LogP contribution in [-0.2, 0) is 62.2 Å². The number of anilines is 3. The van der Waals surface area contributed by atoms with Crippen molar-refractivity contribution in [2.24, 2.45) is 16.2 Å². The van der Waals surface area contributed by atoms with Crippen LogP contribution in [-0.4, -0.2) is 152 Å². The van der Waals surface area contributed by atoms with E-state index in [1.54, 1.807) is 6.33 Å². The van der Waals surface area contributed by atoms with Crippen LogP contribution in [0.2, 0.25) is 0 Å². The summed E-state index contributed by atoms with van der Waals surface area (Å²) in [6.07, 6.45) is 4.73. The van der Waals surface area contributed by atoms with Crippen molar-refractivity contribution in [1.82, 2.24) is 55.8 Å². The highest BCUT2D eigenvalue weighted by atomic mass is 16.5. The van der Waals surface area contributed by atoms with Gasteiger partial charge in [0.15, 0.2) is 16.2 Å². The lowest BCUT2D eigenvalue weighted by atomic mass is 9.66. The first-order valence-electron chi connectivity index (χ1n) is 33.2. The molecule has 26 nitrogen and oxygen atoms in total. The second-order valence-electron chi connectivity index (χ2n) is 27.3. The lowest BCUT2D eigenvalue weighted by Crippen LogP contribution is -2.75. The number of imidazole rings is 1. The Balaban J connectivity index is 0.000000116. The number of amides is 12. The number of para-hydroxylation sites is 4. The zero-order chi connectivity index (χ0) is 68.7. The molecule has 0 saturated carbocycles. The van der Waals surface area contributed by atoms with Gasteiger partial charge >= 0.3 is 18.1 Å². The minimum absolute atomic E-state index is 0.0661. The number of hydrogen-bond acceptors (Lipinski definition) is 17. The maximum atomic E-state index is 13.3. The summed E-state index contributed by atoms with van der Waals surface area (Å²) in [5.41, 5.74) is 7.68. The molecule has 12 heterocycles. The molecular weight excluding hydrogens is 1260 g/mol. The molecule has 6 saturated heterocycles. The zero-order valence-corrected chi connectivity index (χ0v) is 54.8. The van der Waals surface area contributed by atoms with Crippen molar-refractivity contribution in [3.8, 4) is 17.1 Å². The van der Waals surface area contributed by atoms with Crippen LogP contribution < -0.4 is 46.6 Å². The van der Waals surface area contributed by atoms with Crippen molar-refractivity contribution in [3.05, 3.63) is 169 Å². The van der Waals surface area contributed by atoms with Gasteiger partial charge in [-0.05, 0) is 168 Å². The SMILES string of the molecule is C[C@@H]1CN2c3ccc(-n4ccc5ccccc54)cc3CC3(C(=O)NC(=O)NC3=O)[C@H]2[C@H](C)O1.C[C@@H]1CN2c3ccc(-n4cnc5ccccc54)cc3CC3(C(=O)NC(=O)NC3=O)[C@H]2[C@H](C)O1.C[C@@H]1CN2c3ccc(-n4ncc5ccccc54)cc3CC3(C(=O)NC(=O)NC3=O)[C@H]2[C@H](C)O1. The number of nitrogens with one attached hydrogen (secondary N) is 6. The first-order chi connectivity index (χ1) is 47.6. The number of morpholine rings is 3. The third-order valence-electron chi connectivity index (χ3n) is 21.2. The van der Waals surface area contributed by atoms with Gasteiger partial charge in [-0.2, -0.15) is 5.10 Å². The van der Waals surface area contributed by atoms with Gasteiger partial charge in [-0.25, -0.2) is 24.0 Å². The molecule has 504 valence electrons. The molecule has 3 aromatic heterocycles. The molecule has 3 spiro atoms. The predicted molar refractivity (Wildman–Crippen MR) is 362 cm³/mol. The molecule has 0 bridgehead atoms. The number of carbonyl (C=O) groups is 9.